The van der Waals surface area contributed by atoms with Crippen LogP contribution in [0.4, 0.5) is 0 Å². The number of carbonyl (C=O) groups excluding carboxylic acids is 1. The van der Waals surface area contributed by atoms with Crippen LogP contribution in [0.5, 0.6) is 5.75 Å². The number of benzene rings is 1. The van der Waals surface area contributed by atoms with Gasteiger partial charge in [-0.2, -0.15) is 0 Å². The van der Waals surface area contributed by atoms with E-state index in [-0.39, 0.29) is 5.91 Å². The summed E-state index contributed by atoms with van der Waals surface area (Å²) >= 11 is 5.89. The zero-order valence-electron chi connectivity index (χ0n) is 11.2. The molecule has 0 bridgehead atoms. The van der Waals surface area contributed by atoms with E-state index < -0.39 is 0 Å². The average molecular weight is 280 g/mol. The van der Waals surface area contributed by atoms with Crippen LogP contribution in [0.2, 0.25) is 5.02 Å². The third-order valence-corrected chi connectivity index (χ3v) is 2.97. The maximum atomic E-state index is 12.0. The molecule has 0 saturated heterocycles. The van der Waals surface area contributed by atoms with Crippen molar-refractivity contribution in [2.45, 2.75) is 13.3 Å². The van der Waals surface area contributed by atoms with E-state index in [1.807, 2.05) is 13.0 Å². The van der Waals surface area contributed by atoms with Crippen molar-refractivity contribution < 1.29 is 9.53 Å². The molecule has 0 aromatic heterocycles. The van der Waals surface area contributed by atoms with Gasteiger partial charge in [-0.25, -0.2) is 0 Å². The van der Waals surface area contributed by atoms with Crippen LogP contribution >= 0.6 is 11.6 Å². The first kappa shape index (κ1) is 15.3. The highest BCUT2D eigenvalue weighted by molar-refractivity contribution is 6.31. The molecule has 1 aromatic carbocycles. The van der Waals surface area contributed by atoms with E-state index >= 15 is 0 Å². The van der Waals surface area contributed by atoms with Gasteiger partial charge in [0.15, 0.2) is 0 Å². The molecule has 1 N–H and O–H groups in total. The average Bonchev–Trinajstić information content (AvgIpc) is 2.43. The van der Waals surface area contributed by atoms with Crippen molar-refractivity contribution in [2.75, 3.05) is 13.7 Å². The molecule has 4 heteroatoms. The van der Waals surface area contributed by atoms with E-state index in [1.54, 1.807) is 24.3 Å². The van der Waals surface area contributed by atoms with Crippen LogP contribution in [0.1, 0.15) is 23.7 Å². The number of ether oxygens (including phenoxy) is 1. The molecule has 0 spiro atoms. The number of hydrogen-bond donors (Lipinski definition) is 1. The highest BCUT2D eigenvalue weighted by atomic mass is 35.5. The van der Waals surface area contributed by atoms with Crippen LogP contribution in [0.25, 0.3) is 0 Å². The molecule has 1 rings (SSSR count). The zero-order chi connectivity index (χ0) is 14.3. The maximum absolute atomic E-state index is 12.0. The molecule has 1 amide bonds. The molecule has 0 aliphatic rings. The Morgan fingerprint density at radius 3 is 2.84 bits per heavy atom. The molecule has 0 saturated carbocycles. The van der Waals surface area contributed by atoms with Gasteiger partial charge in [-0.05, 0) is 31.5 Å². The second kappa shape index (κ2) is 7.64. The van der Waals surface area contributed by atoms with Gasteiger partial charge in [-0.1, -0.05) is 35.9 Å². The largest absolute Gasteiger partial charge is 0.496 e. The van der Waals surface area contributed by atoms with E-state index in [9.17, 15) is 4.79 Å². The number of allylic oxidation sites excluding steroid dienone is 2. The molecule has 19 heavy (non-hydrogen) atoms. The van der Waals surface area contributed by atoms with Crippen LogP contribution in [0, 0.1) is 0 Å². The fourth-order valence-corrected chi connectivity index (χ4v) is 1.81. The first-order chi connectivity index (χ1) is 9.12. The zero-order valence-corrected chi connectivity index (χ0v) is 12.0. The molecule has 102 valence electrons. The second-order valence-corrected chi connectivity index (χ2v) is 4.35. The van der Waals surface area contributed by atoms with E-state index in [1.165, 1.54) is 7.11 Å². The number of methoxy groups -OCH3 is 1. The van der Waals surface area contributed by atoms with Crippen LogP contribution in [-0.2, 0) is 0 Å². The van der Waals surface area contributed by atoms with Gasteiger partial charge in [0.25, 0.3) is 5.91 Å². The van der Waals surface area contributed by atoms with E-state index in [4.69, 9.17) is 16.3 Å². The Kier molecular flexibility index (Phi) is 6.16. The quantitative estimate of drug-likeness (QED) is 0.808. The first-order valence-electron chi connectivity index (χ1n) is 6.01. The van der Waals surface area contributed by atoms with Gasteiger partial charge in [0.2, 0.25) is 0 Å². The summed E-state index contributed by atoms with van der Waals surface area (Å²) in [5, 5.41) is 3.34. The predicted molar refractivity (Wildman–Crippen MR) is 78.9 cm³/mol. The monoisotopic (exact) mass is 279 g/mol. The van der Waals surface area contributed by atoms with Gasteiger partial charge >= 0.3 is 0 Å². The van der Waals surface area contributed by atoms with Crippen molar-refractivity contribution in [3.05, 3.63) is 53.1 Å². The topological polar surface area (TPSA) is 38.3 Å². The van der Waals surface area contributed by atoms with Gasteiger partial charge in [0, 0.05) is 11.6 Å². The van der Waals surface area contributed by atoms with E-state index in [2.05, 4.69) is 11.9 Å². The van der Waals surface area contributed by atoms with E-state index in [0.29, 0.717) is 22.9 Å². The van der Waals surface area contributed by atoms with Crippen molar-refractivity contribution in [3.63, 3.8) is 0 Å². The lowest BCUT2D eigenvalue weighted by atomic mass is 10.1. The van der Waals surface area contributed by atoms with E-state index in [0.717, 1.165) is 12.0 Å². The molecule has 0 heterocycles. The maximum Gasteiger partial charge on any atom is 0.255 e. The van der Waals surface area contributed by atoms with Crippen molar-refractivity contribution in [1.29, 1.82) is 0 Å². The van der Waals surface area contributed by atoms with Crippen LogP contribution in [0.15, 0.2) is 42.5 Å². The molecule has 3 nitrogen and oxygen atoms in total. The van der Waals surface area contributed by atoms with Gasteiger partial charge in [0.05, 0.1) is 12.7 Å². The Morgan fingerprint density at radius 1 is 1.53 bits per heavy atom. The van der Waals surface area contributed by atoms with Crippen molar-refractivity contribution in [2.24, 2.45) is 0 Å². The highest BCUT2D eigenvalue weighted by Gasteiger charge is 2.12. The summed E-state index contributed by atoms with van der Waals surface area (Å²) in [5.41, 5.74) is 1.54. The first-order valence-corrected chi connectivity index (χ1v) is 6.39. The minimum absolute atomic E-state index is 0.195. The van der Waals surface area contributed by atoms with Crippen molar-refractivity contribution in [1.82, 2.24) is 5.32 Å². The Hall–Kier alpha value is -1.74. The third kappa shape index (κ3) is 4.45. The predicted octanol–water partition coefficient (Wildman–Crippen LogP) is 3.60. The highest BCUT2D eigenvalue weighted by Crippen LogP contribution is 2.22. The van der Waals surface area contributed by atoms with Gasteiger partial charge in [-0.15, -0.1) is 0 Å². The van der Waals surface area contributed by atoms with Crippen molar-refractivity contribution in [3.8, 4) is 5.75 Å². The van der Waals surface area contributed by atoms with Gasteiger partial charge < -0.3 is 10.1 Å². The number of rotatable bonds is 6. The summed E-state index contributed by atoms with van der Waals surface area (Å²) in [4.78, 5) is 12.0. The lowest BCUT2D eigenvalue weighted by molar-refractivity contribution is 0.0951. The number of hydrogen-bond acceptors (Lipinski definition) is 2. The fraction of sp³-hybridized carbons (Fsp3) is 0.267. The molecule has 0 unspecified atom stereocenters. The Labute approximate surface area is 118 Å². The van der Waals surface area contributed by atoms with Crippen molar-refractivity contribution >= 4 is 17.5 Å². The second-order valence-electron chi connectivity index (χ2n) is 3.92. The standard InChI is InChI=1S/C15H18ClNO2/c1-4-11(5-2)8-9-17-15(18)13-10-12(16)6-7-14(13)19-3/h4-7,10H,1,8-9H2,2-3H3,(H,17,18). The molecule has 0 aliphatic heterocycles. The smallest absolute Gasteiger partial charge is 0.255 e. The minimum Gasteiger partial charge on any atom is -0.496 e. The van der Waals surface area contributed by atoms with Crippen LogP contribution in [-0.4, -0.2) is 19.6 Å². The molecular formula is C15H18ClNO2. The molecular weight excluding hydrogens is 262 g/mol. The number of halogens is 1. The van der Waals surface area contributed by atoms with Crippen LogP contribution in [0.3, 0.4) is 0 Å². The minimum atomic E-state index is -0.195. The number of amides is 1. The molecule has 0 fully saturated rings. The summed E-state index contributed by atoms with van der Waals surface area (Å²) in [5.74, 6) is 0.316. The molecule has 0 radical (unpaired) electrons. The Morgan fingerprint density at radius 2 is 2.26 bits per heavy atom. The van der Waals surface area contributed by atoms with Crippen LogP contribution < -0.4 is 10.1 Å². The number of nitrogens with one attached hydrogen (secondary N) is 1. The molecule has 0 aliphatic carbocycles. The third-order valence-electron chi connectivity index (χ3n) is 2.74. The SMILES string of the molecule is C=CC(=CC)CCNC(=O)c1cc(Cl)ccc1OC. The lowest BCUT2D eigenvalue weighted by Crippen LogP contribution is -2.25. The van der Waals surface area contributed by atoms with Gasteiger partial charge in [0.1, 0.15) is 5.75 Å². The normalized spacial score (nSPS) is 11.0. The fourth-order valence-electron chi connectivity index (χ4n) is 1.64. The summed E-state index contributed by atoms with van der Waals surface area (Å²) in [7, 11) is 1.52. The Balaban J connectivity index is 2.68. The van der Waals surface area contributed by atoms with Gasteiger partial charge in [-0.3, -0.25) is 4.79 Å². The Bertz CT molecular complexity index is 495. The summed E-state index contributed by atoms with van der Waals surface area (Å²) < 4.78 is 5.14. The number of carbonyl (C=O) groups is 1. The molecule has 0 atom stereocenters. The lowest BCUT2D eigenvalue weighted by Gasteiger charge is -2.10. The summed E-state index contributed by atoms with van der Waals surface area (Å²) in [6.07, 6.45) is 4.50. The molecule has 1 aromatic rings. The summed E-state index contributed by atoms with van der Waals surface area (Å²) in [6.45, 7) is 6.19. The summed E-state index contributed by atoms with van der Waals surface area (Å²) in [6, 6.07) is 4.96.